The SMILES string of the molecule is Cn1cncc1C(=O)Nc1ccc(CCCl)cc1. The van der Waals surface area contributed by atoms with Crippen molar-refractivity contribution in [1.82, 2.24) is 9.55 Å². The molecule has 0 aliphatic heterocycles. The van der Waals surface area contributed by atoms with E-state index in [1.807, 2.05) is 24.3 Å². The minimum Gasteiger partial charge on any atom is -0.330 e. The summed E-state index contributed by atoms with van der Waals surface area (Å²) < 4.78 is 1.68. The first-order valence-corrected chi connectivity index (χ1v) is 6.16. The molecule has 2 rings (SSSR count). The summed E-state index contributed by atoms with van der Waals surface area (Å²) in [6.07, 6.45) is 3.97. The van der Waals surface area contributed by atoms with E-state index in [0.29, 0.717) is 11.6 Å². The number of nitrogens with one attached hydrogen (secondary N) is 1. The molecular formula is C13H14ClN3O. The van der Waals surface area contributed by atoms with Crippen LogP contribution in [-0.2, 0) is 13.5 Å². The summed E-state index contributed by atoms with van der Waals surface area (Å²) in [4.78, 5) is 15.8. The predicted molar refractivity (Wildman–Crippen MR) is 72.0 cm³/mol. The Balaban J connectivity index is 2.05. The number of benzene rings is 1. The molecule has 4 nitrogen and oxygen atoms in total. The molecule has 1 aromatic carbocycles. The van der Waals surface area contributed by atoms with E-state index in [9.17, 15) is 4.79 Å². The van der Waals surface area contributed by atoms with Crippen LogP contribution in [0.15, 0.2) is 36.8 Å². The summed E-state index contributed by atoms with van der Waals surface area (Å²) in [5.74, 6) is 0.431. The molecule has 1 heterocycles. The Labute approximate surface area is 111 Å². The van der Waals surface area contributed by atoms with Crippen LogP contribution in [0, 0.1) is 0 Å². The van der Waals surface area contributed by atoms with Crippen LogP contribution in [0.25, 0.3) is 0 Å². The lowest BCUT2D eigenvalue weighted by Gasteiger charge is -2.06. The zero-order valence-electron chi connectivity index (χ0n) is 10.1. The van der Waals surface area contributed by atoms with Gasteiger partial charge in [-0.2, -0.15) is 0 Å². The van der Waals surface area contributed by atoms with Crippen LogP contribution < -0.4 is 5.32 Å². The number of amides is 1. The highest BCUT2D eigenvalue weighted by atomic mass is 35.5. The second-order valence-corrected chi connectivity index (χ2v) is 4.36. The first-order chi connectivity index (χ1) is 8.70. The second-order valence-electron chi connectivity index (χ2n) is 3.98. The Hall–Kier alpha value is -1.81. The van der Waals surface area contributed by atoms with Gasteiger partial charge in [-0.05, 0) is 24.1 Å². The molecular weight excluding hydrogens is 250 g/mol. The molecule has 0 fully saturated rings. The maximum atomic E-state index is 11.9. The Morgan fingerprint density at radius 3 is 2.67 bits per heavy atom. The standard InChI is InChI=1S/C13H14ClN3O/c1-17-9-15-8-12(17)13(18)16-11-4-2-10(3-5-11)6-7-14/h2-5,8-9H,6-7H2,1H3,(H,16,18). The number of hydrogen-bond acceptors (Lipinski definition) is 2. The third kappa shape index (κ3) is 2.90. The average molecular weight is 264 g/mol. The monoisotopic (exact) mass is 263 g/mol. The van der Waals surface area contributed by atoms with Crippen molar-refractivity contribution >= 4 is 23.2 Å². The number of hydrogen-bond donors (Lipinski definition) is 1. The van der Waals surface area contributed by atoms with E-state index in [-0.39, 0.29) is 5.91 Å². The van der Waals surface area contributed by atoms with E-state index in [1.165, 1.54) is 6.20 Å². The van der Waals surface area contributed by atoms with Gasteiger partial charge in [-0.15, -0.1) is 11.6 Å². The Morgan fingerprint density at radius 1 is 1.39 bits per heavy atom. The lowest BCUT2D eigenvalue weighted by Crippen LogP contribution is -2.15. The molecule has 0 aliphatic rings. The second kappa shape index (κ2) is 5.69. The summed E-state index contributed by atoms with van der Waals surface area (Å²) >= 11 is 5.67. The van der Waals surface area contributed by atoms with Gasteiger partial charge in [-0.25, -0.2) is 4.98 Å². The highest BCUT2D eigenvalue weighted by Gasteiger charge is 2.09. The average Bonchev–Trinajstić information content (AvgIpc) is 2.78. The lowest BCUT2D eigenvalue weighted by molar-refractivity contribution is 0.101. The minimum atomic E-state index is -0.167. The van der Waals surface area contributed by atoms with E-state index in [0.717, 1.165) is 17.7 Å². The summed E-state index contributed by atoms with van der Waals surface area (Å²) in [6, 6.07) is 7.66. The van der Waals surface area contributed by atoms with Crippen LogP contribution in [0.3, 0.4) is 0 Å². The smallest absolute Gasteiger partial charge is 0.273 e. The van der Waals surface area contributed by atoms with Gasteiger partial charge in [0.15, 0.2) is 0 Å². The summed E-state index contributed by atoms with van der Waals surface area (Å²) in [5.41, 5.74) is 2.45. The Morgan fingerprint density at radius 2 is 2.11 bits per heavy atom. The van der Waals surface area contributed by atoms with Crippen LogP contribution in [-0.4, -0.2) is 21.3 Å². The van der Waals surface area contributed by atoms with Crippen molar-refractivity contribution in [2.24, 2.45) is 7.05 Å². The summed E-state index contributed by atoms with van der Waals surface area (Å²) in [6.45, 7) is 0. The van der Waals surface area contributed by atoms with Crippen molar-refractivity contribution in [2.45, 2.75) is 6.42 Å². The number of nitrogens with zero attached hydrogens (tertiary/aromatic N) is 2. The minimum absolute atomic E-state index is 0.167. The van der Waals surface area contributed by atoms with Gasteiger partial charge in [0.1, 0.15) is 5.69 Å². The number of alkyl halides is 1. The highest BCUT2D eigenvalue weighted by Crippen LogP contribution is 2.12. The molecule has 0 atom stereocenters. The van der Waals surface area contributed by atoms with Gasteiger partial charge in [0, 0.05) is 18.6 Å². The fraction of sp³-hybridized carbons (Fsp3) is 0.231. The first-order valence-electron chi connectivity index (χ1n) is 5.63. The molecule has 0 radical (unpaired) electrons. The fourth-order valence-corrected chi connectivity index (χ4v) is 1.85. The summed E-state index contributed by atoms with van der Waals surface area (Å²) in [7, 11) is 1.78. The van der Waals surface area contributed by atoms with Gasteiger partial charge in [0.2, 0.25) is 0 Å². The van der Waals surface area contributed by atoms with Crippen molar-refractivity contribution in [3.8, 4) is 0 Å². The molecule has 0 bridgehead atoms. The molecule has 94 valence electrons. The molecule has 0 saturated carbocycles. The molecule has 1 amide bonds. The number of rotatable bonds is 4. The van der Waals surface area contributed by atoms with Gasteiger partial charge in [0.25, 0.3) is 5.91 Å². The van der Waals surface area contributed by atoms with Crippen molar-refractivity contribution in [3.05, 3.63) is 48.0 Å². The zero-order valence-corrected chi connectivity index (χ0v) is 10.8. The lowest BCUT2D eigenvalue weighted by atomic mass is 10.1. The number of carbonyl (C=O) groups excluding carboxylic acids is 1. The van der Waals surface area contributed by atoms with Crippen molar-refractivity contribution in [3.63, 3.8) is 0 Å². The van der Waals surface area contributed by atoms with Crippen molar-refractivity contribution in [2.75, 3.05) is 11.2 Å². The molecule has 1 aromatic heterocycles. The molecule has 5 heteroatoms. The number of anilines is 1. The third-order valence-corrected chi connectivity index (χ3v) is 2.83. The topological polar surface area (TPSA) is 46.9 Å². The maximum Gasteiger partial charge on any atom is 0.273 e. The summed E-state index contributed by atoms with van der Waals surface area (Å²) in [5, 5.41) is 2.82. The number of aryl methyl sites for hydroxylation is 2. The van der Waals surface area contributed by atoms with Crippen LogP contribution in [0.1, 0.15) is 16.1 Å². The zero-order chi connectivity index (χ0) is 13.0. The van der Waals surface area contributed by atoms with Crippen LogP contribution in [0.2, 0.25) is 0 Å². The van der Waals surface area contributed by atoms with Gasteiger partial charge in [-0.1, -0.05) is 12.1 Å². The quantitative estimate of drug-likeness (QED) is 0.862. The third-order valence-electron chi connectivity index (χ3n) is 2.64. The van der Waals surface area contributed by atoms with Crippen molar-refractivity contribution in [1.29, 1.82) is 0 Å². The number of aromatic nitrogens is 2. The number of imidazole rings is 1. The molecule has 18 heavy (non-hydrogen) atoms. The fourth-order valence-electron chi connectivity index (χ4n) is 1.63. The Bertz CT molecular complexity index is 533. The van der Waals surface area contributed by atoms with Gasteiger partial charge < -0.3 is 9.88 Å². The molecule has 0 spiro atoms. The van der Waals surface area contributed by atoms with Crippen LogP contribution >= 0.6 is 11.6 Å². The molecule has 1 N–H and O–H groups in total. The maximum absolute atomic E-state index is 11.9. The van der Waals surface area contributed by atoms with Crippen LogP contribution in [0.5, 0.6) is 0 Å². The van der Waals surface area contributed by atoms with Crippen LogP contribution in [0.4, 0.5) is 5.69 Å². The van der Waals surface area contributed by atoms with Crippen molar-refractivity contribution < 1.29 is 4.79 Å². The van der Waals surface area contributed by atoms with E-state index in [2.05, 4.69) is 10.3 Å². The largest absolute Gasteiger partial charge is 0.330 e. The molecule has 2 aromatic rings. The van der Waals surface area contributed by atoms with E-state index >= 15 is 0 Å². The van der Waals surface area contributed by atoms with E-state index < -0.39 is 0 Å². The molecule has 0 unspecified atom stereocenters. The first kappa shape index (κ1) is 12.6. The highest BCUT2D eigenvalue weighted by molar-refractivity contribution is 6.18. The van der Waals surface area contributed by atoms with Gasteiger partial charge >= 0.3 is 0 Å². The van der Waals surface area contributed by atoms with Gasteiger partial charge in [0.05, 0.1) is 12.5 Å². The number of halogens is 1. The van der Waals surface area contributed by atoms with Gasteiger partial charge in [-0.3, -0.25) is 4.79 Å². The Kier molecular flexibility index (Phi) is 3.99. The van der Waals surface area contributed by atoms with E-state index in [1.54, 1.807) is 17.9 Å². The van der Waals surface area contributed by atoms with E-state index in [4.69, 9.17) is 11.6 Å². The normalized spacial score (nSPS) is 10.3. The predicted octanol–water partition coefficient (Wildman–Crippen LogP) is 2.45. The number of carbonyl (C=O) groups is 1. The molecule has 0 aliphatic carbocycles. The molecule has 0 saturated heterocycles.